The Morgan fingerprint density at radius 2 is 1.87 bits per heavy atom. The number of morpholine rings is 1. The van der Waals surface area contributed by atoms with E-state index in [1.54, 1.807) is 21.9 Å². The molecule has 156 valence electrons. The first kappa shape index (κ1) is 19.1. The lowest BCUT2D eigenvalue weighted by Gasteiger charge is -2.35. The van der Waals surface area contributed by atoms with Crippen LogP contribution < -0.4 is 9.64 Å². The zero-order chi connectivity index (χ0) is 20.7. The summed E-state index contributed by atoms with van der Waals surface area (Å²) in [6.45, 7) is 2.36. The number of carbonyl (C=O) groups excluding carboxylic acids is 2. The predicted molar refractivity (Wildman–Crippen MR) is 108 cm³/mol. The average molecular weight is 410 g/mol. The van der Waals surface area contributed by atoms with Gasteiger partial charge in [0.15, 0.2) is 0 Å². The lowest BCUT2D eigenvalue weighted by molar-refractivity contribution is -0.136. The first-order valence-electron chi connectivity index (χ1n) is 10.2. The van der Waals surface area contributed by atoms with E-state index in [1.165, 1.54) is 12.1 Å². The van der Waals surface area contributed by atoms with Crippen LogP contribution >= 0.6 is 0 Å². The van der Waals surface area contributed by atoms with Crippen molar-refractivity contribution in [2.45, 2.75) is 12.3 Å². The van der Waals surface area contributed by atoms with Crippen molar-refractivity contribution in [3.63, 3.8) is 0 Å². The number of benzene rings is 2. The monoisotopic (exact) mass is 410 g/mol. The molecule has 0 bridgehead atoms. The molecule has 2 aliphatic heterocycles. The van der Waals surface area contributed by atoms with Crippen LogP contribution in [-0.4, -0.2) is 56.2 Å². The molecule has 0 N–H and O–H groups in total. The smallest absolute Gasteiger partial charge is 0.242 e. The molecule has 3 aliphatic rings. The van der Waals surface area contributed by atoms with Gasteiger partial charge < -0.3 is 19.3 Å². The van der Waals surface area contributed by atoms with Crippen molar-refractivity contribution in [3.05, 3.63) is 59.9 Å². The molecule has 2 amide bonds. The van der Waals surface area contributed by atoms with Gasteiger partial charge in [-0.2, -0.15) is 0 Å². The van der Waals surface area contributed by atoms with Crippen molar-refractivity contribution in [2.24, 2.45) is 5.41 Å². The van der Waals surface area contributed by atoms with Crippen LogP contribution in [0.3, 0.4) is 0 Å². The zero-order valence-electron chi connectivity index (χ0n) is 16.6. The molecule has 1 aliphatic carbocycles. The topological polar surface area (TPSA) is 59.1 Å². The summed E-state index contributed by atoms with van der Waals surface area (Å²) in [6, 6.07) is 13.6. The van der Waals surface area contributed by atoms with Gasteiger partial charge in [0, 0.05) is 24.7 Å². The Morgan fingerprint density at radius 3 is 2.63 bits per heavy atom. The first-order valence-corrected chi connectivity index (χ1v) is 10.2. The number of anilines is 1. The highest BCUT2D eigenvalue weighted by Gasteiger charge is 2.66. The summed E-state index contributed by atoms with van der Waals surface area (Å²) < 4.78 is 24.4. The molecule has 5 rings (SSSR count). The third-order valence-electron chi connectivity index (χ3n) is 6.32. The largest absolute Gasteiger partial charge is 0.492 e. The molecule has 0 spiro atoms. The zero-order valence-corrected chi connectivity index (χ0v) is 16.6. The molecule has 0 aromatic heterocycles. The van der Waals surface area contributed by atoms with Crippen LogP contribution in [0.15, 0.2) is 48.5 Å². The van der Waals surface area contributed by atoms with Crippen molar-refractivity contribution in [3.8, 4) is 5.75 Å². The number of nitrogens with zero attached hydrogens (tertiary/aromatic N) is 2. The molecule has 2 atom stereocenters. The van der Waals surface area contributed by atoms with Crippen LogP contribution in [0.4, 0.5) is 10.1 Å². The van der Waals surface area contributed by atoms with Crippen molar-refractivity contribution >= 4 is 17.5 Å². The van der Waals surface area contributed by atoms with E-state index in [0.29, 0.717) is 38.5 Å². The summed E-state index contributed by atoms with van der Waals surface area (Å²) in [4.78, 5) is 29.8. The minimum absolute atomic E-state index is 0.0147. The standard InChI is InChI=1S/C23H23FN2O4/c24-16-5-7-17(8-6-16)30-15-23-13-19(23)18-3-1-2-4-20(18)26(22(23)28)14-21(27)25-9-11-29-12-10-25/h1-8,19H,9-15H2. The highest BCUT2D eigenvalue weighted by Crippen LogP contribution is 2.65. The van der Waals surface area contributed by atoms with E-state index in [0.717, 1.165) is 11.3 Å². The van der Waals surface area contributed by atoms with Gasteiger partial charge in [-0.05, 0) is 42.3 Å². The van der Waals surface area contributed by atoms with Crippen LogP contribution in [0.1, 0.15) is 17.9 Å². The van der Waals surface area contributed by atoms with E-state index in [9.17, 15) is 14.0 Å². The lowest BCUT2D eigenvalue weighted by Crippen LogP contribution is -2.51. The lowest BCUT2D eigenvalue weighted by atomic mass is 9.92. The summed E-state index contributed by atoms with van der Waals surface area (Å²) in [5, 5.41) is 0. The van der Waals surface area contributed by atoms with Gasteiger partial charge in [0.1, 0.15) is 24.7 Å². The molecule has 2 fully saturated rings. The maximum Gasteiger partial charge on any atom is 0.242 e. The van der Waals surface area contributed by atoms with E-state index in [1.807, 2.05) is 24.3 Å². The van der Waals surface area contributed by atoms with E-state index in [2.05, 4.69) is 0 Å². The maximum absolute atomic E-state index is 13.5. The fourth-order valence-corrected chi connectivity index (χ4v) is 4.52. The number of para-hydroxylation sites is 1. The number of hydrogen-bond acceptors (Lipinski definition) is 4. The molecule has 2 aromatic rings. The van der Waals surface area contributed by atoms with Crippen LogP contribution in [0.2, 0.25) is 0 Å². The minimum Gasteiger partial charge on any atom is -0.492 e. The molecule has 2 aromatic carbocycles. The number of halogens is 1. The minimum atomic E-state index is -0.673. The summed E-state index contributed by atoms with van der Waals surface area (Å²) in [7, 11) is 0. The number of hydrogen-bond donors (Lipinski definition) is 0. The van der Waals surface area contributed by atoms with E-state index in [-0.39, 0.29) is 36.7 Å². The Kier molecular flexibility index (Phi) is 4.70. The summed E-state index contributed by atoms with van der Waals surface area (Å²) in [5.74, 6) is 0.126. The van der Waals surface area contributed by atoms with Crippen molar-refractivity contribution < 1.29 is 23.5 Å². The van der Waals surface area contributed by atoms with Gasteiger partial charge in [-0.3, -0.25) is 9.59 Å². The van der Waals surface area contributed by atoms with Crippen LogP contribution in [0.25, 0.3) is 0 Å². The van der Waals surface area contributed by atoms with Gasteiger partial charge in [0.25, 0.3) is 0 Å². The Balaban J connectivity index is 1.38. The quantitative estimate of drug-likeness (QED) is 0.760. The highest BCUT2D eigenvalue weighted by molar-refractivity contribution is 6.07. The van der Waals surface area contributed by atoms with E-state index in [4.69, 9.17) is 9.47 Å². The Hall–Kier alpha value is -2.93. The van der Waals surface area contributed by atoms with Gasteiger partial charge in [0.05, 0.1) is 18.6 Å². The van der Waals surface area contributed by atoms with Gasteiger partial charge in [0.2, 0.25) is 11.8 Å². The van der Waals surface area contributed by atoms with Gasteiger partial charge >= 0.3 is 0 Å². The van der Waals surface area contributed by atoms with Gasteiger partial charge in [-0.1, -0.05) is 18.2 Å². The van der Waals surface area contributed by atoms with Gasteiger partial charge in [-0.15, -0.1) is 0 Å². The second-order valence-corrected chi connectivity index (χ2v) is 8.10. The molecular formula is C23H23FN2O4. The molecule has 7 heteroatoms. The third-order valence-corrected chi connectivity index (χ3v) is 6.32. The highest BCUT2D eigenvalue weighted by atomic mass is 19.1. The second kappa shape index (κ2) is 7.40. The molecule has 6 nitrogen and oxygen atoms in total. The number of carbonyl (C=O) groups is 2. The molecule has 2 heterocycles. The van der Waals surface area contributed by atoms with Crippen LogP contribution in [0, 0.1) is 11.2 Å². The van der Waals surface area contributed by atoms with Crippen LogP contribution in [-0.2, 0) is 14.3 Å². The van der Waals surface area contributed by atoms with Crippen molar-refractivity contribution in [1.29, 1.82) is 0 Å². The number of amides is 2. The molecule has 30 heavy (non-hydrogen) atoms. The normalized spacial score (nSPS) is 24.8. The molecule has 2 unspecified atom stereocenters. The number of rotatable bonds is 5. The molecule has 1 saturated carbocycles. The van der Waals surface area contributed by atoms with E-state index < -0.39 is 5.41 Å². The number of ether oxygens (including phenoxy) is 2. The maximum atomic E-state index is 13.5. The predicted octanol–water partition coefficient (Wildman–Crippen LogP) is 2.58. The SMILES string of the molecule is O=C(CN1C(=O)C2(COc3ccc(F)cc3)CC2c2ccccc21)N1CCOCC1. The Labute approximate surface area is 174 Å². The number of fused-ring (bicyclic) bond motifs is 3. The van der Waals surface area contributed by atoms with Gasteiger partial charge in [-0.25, -0.2) is 4.39 Å². The second-order valence-electron chi connectivity index (χ2n) is 8.10. The molecular weight excluding hydrogens is 387 g/mol. The first-order chi connectivity index (χ1) is 14.6. The summed E-state index contributed by atoms with van der Waals surface area (Å²) >= 11 is 0. The summed E-state index contributed by atoms with van der Waals surface area (Å²) in [5.41, 5.74) is 1.22. The van der Waals surface area contributed by atoms with Crippen molar-refractivity contribution in [1.82, 2.24) is 4.90 Å². The third kappa shape index (κ3) is 3.23. The fourth-order valence-electron chi connectivity index (χ4n) is 4.52. The van der Waals surface area contributed by atoms with Crippen LogP contribution in [0.5, 0.6) is 5.75 Å². The summed E-state index contributed by atoms with van der Waals surface area (Å²) in [6.07, 6.45) is 0.687. The van der Waals surface area contributed by atoms with Crippen molar-refractivity contribution in [2.75, 3.05) is 44.4 Å². The fraction of sp³-hybridized carbons (Fsp3) is 0.391. The average Bonchev–Trinajstić information content (AvgIpc) is 3.53. The molecule has 0 radical (unpaired) electrons. The Morgan fingerprint density at radius 1 is 1.13 bits per heavy atom. The Bertz CT molecular complexity index is 973. The molecule has 1 saturated heterocycles. The van der Waals surface area contributed by atoms with E-state index >= 15 is 0 Å².